The Labute approximate surface area is 159 Å². The van der Waals surface area contributed by atoms with Gasteiger partial charge in [-0.3, -0.25) is 4.90 Å². The monoisotopic (exact) mass is 371 g/mol. The van der Waals surface area contributed by atoms with Gasteiger partial charge in [0, 0.05) is 26.1 Å². The number of piperidine rings is 1. The van der Waals surface area contributed by atoms with Gasteiger partial charge in [0.25, 0.3) is 0 Å². The summed E-state index contributed by atoms with van der Waals surface area (Å²) in [5, 5.41) is 8.16. The van der Waals surface area contributed by atoms with Gasteiger partial charge in [0.15, 0.2) is 0 Å². The zero-order valence-corrected chi connectivity index (χ0v) is 15.8. The maximum Gasteiger partial charge on any atom is 0.350 e. The van der Waals surface area contributed by atoms with Crippen LogP contribution >= 0.6 is 0 Å². The number of hydrogen-bond acceptors (Lipinski definition) is 5. The van der Waals surface area contributed by atoms with Crippen molar-refractivity contribution >= 4 is 0 Å². The van der Waals surface area contributed by atoms with Crippen LogP contribution in [0.5, 0.6) is 0 Å². The van der Waals surface area contributed by atoms with Gasteiger partial charge in [-0.1, -0.05) is 18.2 Å². The van der Waals surface area contributed by atoms with E-state index in [1.807, 2.05) is 30.3 Å². The molecule has 2 aliphatic heterocycles. The van der Waals surface area contributed by atoms with Crippen LogP contribution in [0, 0.1) is 5.92 Å². The standard InChI is InChI=1S/C20H29N5O2/c26-20-24(11-10-23-12-14-27-15-13-23)22-19(16-17-6-8-21-9-7-17)25(20)18-4-2-1-3-5-18/h1-5,17,21H,6-16H2. The molecule has 7 heteroatoms. The third kappa shape index (κ3) is 4.48. The van der Waals surface area contributed by atoms with Gasteiger partial charge in [-0.15, -0.1) is 0 Å². The van der Waals surface area contributed by atoms with E-state index in [2.05, 4.69) is 10.2 Å². The quantitative estimate of drug-likeness (QED) is 0.818. The van der Waals surface area contributed by atoms with Gasteiger partial charge in [0.2, 0.25) is 0 Å². The van der Waals surface area contributed by atoms with Gasteiger partial charge in [-0.2, -0.15) is 5.10 Å². The van der Waals surface area contributed by atoms with Crippen LogP contribution in [0.2, 0.25) is 0 Å². The van der Waals surface area contributed by atoms with E-state index < -0.39 is 0 Å². The normalized spacial score (nSPS) is 19.4. The molecule has 2 fully saturated rings. The Morgan fingerprint density at radius 1 is 1.07 bits per heavy atom. The van der Waals surface area contributed by atoms with Crippen molar-refractivity contribution in [3.8, 4) is 5.69 Å². The van der Waals surface area contributed by atoms with Gasteiger partial charge in [0.05, 0.1) is 25.4 Å². The van der Waals surface area contributed by atoms with E-state index in [0.717, 1.165) is 76.7 Å². The Hall–Kier alpha value is -1.96. The summed E-state index contributed by atoms with van der Waals surface area (Å²) in [6.07, 6.45) is 3.14. The first kappa shape index (κ1) is 18.4. The molecule has 0 aliphatic carbocycles. The van der Waals surface area contributed by atoms with Crippen molar-refractivity contribution in [2.45, 2.75) is 25.8 Å². The molecule has 0 unspecified atom stereocenters. The Kier molecular flexibility index (Phi) is 6.01. The average Bonchev–Trinajstić information content (AvgIpc) is 3.03. The van der Waals surface area contributed by atoms with E-state index in [4.69, 9.17) is 9.84 Å². The Balaban J connectivity index is 1.56. The van der Waals surface area contributed by atoms with Crippen molar-refractivity contribution < 1.29 is 4.74 Å². The van der Waals surface area contributed by atoms with E-state index in [0.29, 0.717) is 12.5 Å². The number of nitrogens with zero attached hydrogens (tertiary/aromatic N) is 4. The van der Waals surface area contributed by atoms with Crippen LogP contribution in [0.1, 0.15) is 18.7 Å². The van der Waals surface area contributed by atoms with Crippen LogP contribution in [0.4, 0.5) is 0 Å². The van der Waals surface area contributed by atoms with E-state index in [1.165, 1.54) is 0 Å². The molecule has 1 aromatic carbocycles. The minimum Gasteiger partial charge on any atom is -0.379 e. The maximum atomic E-state index is 13.1. The molecule has 2 saturated heterocycles. The fourth-order valence-electron chi connectivity index (χ4n) is 3.97. The first-order valence-electron chi connectivity index (χ1n) is 10.1. The Morgan fingerprint density at radius 3 is 2.56 bits per heavy atom. The van der Waals surface area contributed by atoms with Crippen LogP contribution in [-0.2, 0) is 17.7 Å². The van der Waals surface area contributed by atoms with Crippen molar-refractivity contribution in [1.82, 2.24) is 24.6 Å². The second kappa shape index (κ2) is 8.82. The minimum absolute atomic E-state index is 0.0293. The number of benzene rings is 1. The zero-order valence-electron chi connectivity index (χ0n) is 15.8. The van der Waals surface area contributed by atoms with Gasteiger partial charge in [-0.05, 0) is 44.0 Å². The topological polar surface area (TPSA) is 64.3 Å². The number of ether oxygens (including phenoxy) is 1. The third-order valence-electron chi connectivity index (χ3n) is 5.58. The van der Waals surface area contributed by atoms with Crippen LogP contribution in [0.3, 0.4) is 0 Å². The highest BCUT2D eigenvalue weighted by Crippen LogP contribution is 2.18. The van der Waals surface area contributed by atoms with Crippen molar-refractivity contribution in [1.29, 1.82) is 0 Å². The molecule has 0 amide bonds. The first-order valence-corrected chi connectivity index (χ1v) is 10.1. The third-order valence-corrected chi connectivity index (χ3v) is 5.58. The lowest BCUT2D eigenvalue weighted by Crippen LogP contribution is -2.39. The molecule has 2 aliphatic rings. The summed E-state index contributed by atoms with van der Waals surface area (Å²) in [5.74, 6) is 1.48. The SMILES string of the molecule is O=c1n(CCN2CCOCC2)nc(CC2CCNCC2)n1-c1ccccc1. The van der Waals surface area contributed by atoms with Crippen molar-refractivity contribution in [3.63, 3.8) is 0 Å². The van der Waals surface area contributed by atoms with Crippen molar-refractivity contribution in [2.24, 2.45) is 5.92 Å². The Bertz CT molecular complexity index is 773. The number of nitrogens with one attached hydrogen (secondary N) is 1. The highest BCUT2D eigenvalue weighted by Gasteiger charge is 2.21. The molecule has 2 aromatic rings. The largest absolute Gasteiger partial charge is 0.379 e. The summed E-state index contributed by atoms with van der Waals surface area (Å²) in [6, 6.07) is 9.90. The highest BCUT2D eigenvalue weighted by molar-refractivity contribution is 5.32. The maximum absolute atomic E-state index is 13.1. The van der Waals surface area contributed by atoms with E-state index in [9.17, 15) is 4.79 Å². The summed E-state index contributed by atoms with van der Waals surface area (Å²) in [7, 11) is 0. The smallest absolute Gasteiger partial charge is 0.350 e. The van der Waals surface area contributed by atoms with E-state index in [1.54, 1.807) is 9.25 Å². The molecule has 7 nitrogen and oxygen atoms in total. The number of hydrogen-bond donors (Lipinski definition) is 1. The molecule has 0 radical (unpaired) electrons. The molecule has 0 spiro atoms. The predicted molar refractivity (Wildman–Crippen MR) is 104 cm³/mol. The van der Waals surface area contributed by atoms with Crippen molar-refractivity contribution in [2.75, 3.05) is 45.9 Å². The highest BCUT2D eigenvalue weighted by atomic mass is 16.5. The Morgan fingerprint density at radius 2 is 1.81 bits per heavy atom. The van der Waals surface area contributed by atoms with E-state index >= 15 is 0 Å². The molecule has 0 atom stereocenters. The summed E-state index contributed by atoms with van der Waals surface area (Å²) in [6.45, 7) is 6.96. The molecular formula is C20H29N5O2. The first-order chi connectivity index (χ1) is 13.3. The lowest BCUT2D eigenvalue weighted by molar-refractivity contribution is 0.0358. The zero-order chi connectivity index (χ0) is 18.5. The molecule has 0 bridgehead atoms. The molecule has 27 heavy (non-hydrogen) atoms. The summed E-state index contributed by atoms with van der Waals surface area (Å²) >= 11 is 0. The number of para-hydroxylation sites is 1. The van der Waals surface area contributed by atoms with Gasteiger partial charge < -0.3 is 10.1 Å². The average molecular weight is 371 g/mol. The summed E-state index contributed by atoms with van der Waals surface area (Å²) in [4.78, 5) is 15.4. The fourth-order valence-corrected chi connectivity index (χ4v) is 3.97. The molecular weight excluding hydrogens is 342 g/mol. The lowest BCUT2D eigenvalue weighted by Gasteiger charge is -2.26. The van der Waals surface area contributed by atoms with Gasteiger partial charge >= 0.3 is 5.69 Å². The van der Waals surface area contributed by atoms with Crippen LogP contribution in [0.25, 0.3) is 5.69 Å². The molecule has 0 saturated carbocycles. The number of aromatic nitrogens is 3. The van der Waals surface area contributed by atoms with Crippen LogP contribution < -0.4 is 11.0 Å². The van der Waals surface area contributed by atoms with Gasteiger partial charge in [0.1, 0.15) is 5.82 Å². The van der Waals surface area contributed by atoms with E-state index in [-0.39, 0.29) is 5.69 Å². The molecule has 3 heterocycles. The molecule has 1 aromatic heterocycles. The fraction of sp³-hybridized carbons (Fsp3) is 0.600. The van der Waals surface area contributed by atoms with Crippen molar-refractivity contribution in [3.05, 3.63) is 46.6 Å². The summed E-state index contributed by atoms with van der Waals surface area (Å²) < 4.78 is 8.86. The number of rotatable bonds is 6. The second-order valence-electron chi connectivity index (χ2n) is 7.44. The lowest BCUT2D eigenvalue weighted by atomic mass is 9.94. The predicted octanol–water partition coefficient (Wildman–Crippen LogP) is 0.908. The second-order valence-corrected chi connectivity index (χ2v) is 7.44. The van der Waals surface area contributed by atoms with Crippen LogP contribution in [-0.4, -0.2) is 65.2 Å². The minimum atomic E-state index is -0.0293. The molecule has 146 valence electrons. The van der Waals surface area contributed by atoms with Crippen LogP contribution in [0.15, 0.2) is 35.1 Å². The number of morpholine rings is 1. The summed E-state index contributed by atoms with van der Waals surface area (Å²) in [5.41, 5.74) is 0.877. The molecule has 4 rings (SSSR count). The van der Waals surface area contributed by atoms with Gasteiger partial charge in [-0.25, -0.2) is 14.0 Å². The molecule has 1 N–H and O–H groups in total.